The largest absolute Gasteiger partial charge is 0.497 e. The lowest BCUT2D eigenvalue weighted by molar-refractivity contribution is -0.121. The number of hydrogen-bond acceptors (Lipinski definition) is 5. The minimum Gasteiger partial charge on any atom is -0.497 e. The standard InChI is InChI=1S/C19H21N5O4/c1-23-14-7-8-15(22-18(14)24(2)19(23)27)21-17(26)10-9-16(25)20-12-5-4-6-13(11-12)28-3/h4-8,11H,9-10H2,1-3H3,(H,20,25)(H,21,22,26). The second-order valence-corrected chi connectivity index (χ2v) is 6.27. The number of carbonyl (C=O) groups excluding carboxylic acids is 2. The zero-order valence-electron chi connectivity index (χ0n) is 15.9. The molecule has 0 radical (unpaired) electrons. The lowest BCUT2D eigenvalue weighted by Crippen LogP contribution is -2.19. The molecule has 0 saturated heterocycles. The van der Waals surface area contributed by atoms with Crippen molar-refractivity contribution >= 4 is 34.5 Å². The van der Waals surface area contributed by atoms with Gasteiger partial charge in [-0.25, -0.2) is 9.78 Å². The highest BCUT2D eigenvalue weighted by molar-refractivity contribution is 5.96. The number of hydrogen-bond donors (Lipinski definition) is 2. The predicted molar refractivity (Wildman–Crippen MR) is 105 cm³/mol. The molecule has 0 unspecified atom stereocenters. The van der Waals surface area contributed by atoms with Crippen LogP contribution in [0.4, 0.5) is 11.5 Å². The van der Waals surface area contributed by atoms with Crippen molar-refractivity contribution in [3.63, 3.8) is 0 Å². The molecule has 28 heavy (non-hydrogen) atoms. The molecule has 2 N–H and O–H groups in total. The minimum atomic E-state index is -0.339. The number of fused-ring (bicyclic) bond motifs is 1. The molecule has 3 rings (SSSR count). The Balaban J connectivity index is 1.58. The molecule has 146 valence electrons. The van der Waals surface area contributed by atoms with E-state index in [4.69, 9.17) is 4.74 Å². The molecular formula is C19H21N5O4. The van der Waals surface area contributed by atoms with E-state index in [2.05, 4.69) is 15.6 Å². The Morgan fingerprint density at radius 2 is 1.75 bits per heavy atom. The number of pyridine rings is 1. The van der Waals surface area contributed by atoms with Gasteiger partial charge in [-0.3, -0.25) is 18.7 Å². The molecule has 0 aliphatic heterocycles. The molecule has 1 aromatic carbocycles. The summed E-state index contributed by atoms with van der Waals surface area (Å²) < 4.78 is 8.00. The van der Waals surface area contributed by atoms with Gasteiger partial charge in [0, 0.05) is 38.7 Å². The van der Waals surface area contributed by atoms with Crippen molar-refractivity contribution < 1.29 is 14.3 Å². The highest BCUT2D eigenvalue weighted by Crippen LogP contribution is 2.17. The molecule has 0 fully saturated rings. The normalized spacial score (nSPS) is 10.7. The summed E-state index contributed by atoms with van der Waals surface area (Å²) >= 11 is 0. The number of benzene rings is 1. The number of nitrogens with zero attached hydrogens (tertiary/aromatic N) is 3. The van der Waals surface area contributed by atoms with Crippen LogP contribution in [0.5, 0.6) is 5.75 Å². The first kappa shape index (κ1) is 19.2. The van der Waals surface area contributed by atoms with Crippen LogP contribution in [0.1, 0.15) is 12.8 Å². The quantitative estimate of drug-likeness (QED) is 0.673. The summed E-state index contributed by atoms with van der Waals surface area (Å²) in [5.74, 6) is 0.338. The lowest BCUT2D eigenvalue weighted by Gasteiger charge is -2.07. The highest BCUT2D eigenvalue weighted by atomic mass is 16.5. The van der Waals surface area contributed by atoms with Crippen molar-refractivity contribution in [2.24, 2.45) is 14.1 Å². The third-order valence-corrected chi connectivity index (χ3v) is 4.31. The van der Waals surface area contributed by atoms with Crippen molar-refractivity contribution in [3.8, 4) is 5.75 Å². The average molecular weight is 383 g/mol. The number of rotatable bonds is 6. The molecule has 2 aromatic heterocycles. The summed E-state index contributed by atoms with van der Waals surface area (Å²) in [6.07, 6.45) is 0.0261. The molecule has 9 heteroatoms. The van der Waals surface area contributed by atoms with Gasteiger partial charge in [-0.1, -0.05) is 6.07 Å². The number of imidazole rings is 1. The van der Waals surface area contributed by atoms with Crippen LogP contribution in [-0.2, 0) is 23.7 Å². The van der Waals surface area contributed by atoms with Gasteiger partial charge < -0.3 is 15.4 Å². The Hall–Kier alpha value is -3.62. The first-order chi connectivity index (χ1) is 13.4. The molecular weight excluding hydrogens is 362 g/mol. The van der Waals surface area contributed by atoms with E-state index in [-0.39, 0.29) is 30.3 Å². The summed E-state index contributed by atoms with van der Waals surface area (Å²) in [6, 6.07) is 10.3. The van der Waals surface area contributed by atoms with Crippen LogP contribution >= 0.6 is 0 Å². The van der Waals surface area contributed by atoms with Gasteiger partial charge in [-0.05, 0) is 24.3 Å². The van der Waals surface area contributed by atoms with Gasteiger partial charge in [0.25, 0.3) is 0 Å². The van der Waals surface area contributed by atoms with Gasteiger partial charge >= 0.3 is 5.69 Å². The van der Waals surface area contributed by atoms with E-state index in [9.17, 15) is 14.4 Å². The Morgan fingerprint density at radius 1 is 1.04 bits per heavy atom. The van der Waals surface area contributed by atoms with Crippen LogP contribution in [0.15, 0.2) is 41.2 Å². The molecule has 0 spiro atoms. The van der Waals surface area contributed by atoms with E-state index in [0.29, 0.717) is 28.4 Å². The zero-order chi connectivity index (χ0) is 20.3. The number of methoxy groups -OCH3 is 1. The molecule has 0 aliphatic carbocycles. The van der Waals surface area contributed by atoms with E-state index < -0.39 is 0 Å². The fourth-order valence-electron chi connectivity index (χ4n) is 2.79. The van der Waals surface area contributed by atoms with Crippen molar-refractivity contribution in [2.45, 2.75) is 12.8 Å². The first-order valence-corrected chi connectivity index (χ1v) is 8.65. The third kappa shape index (κ3) is 4.03. The minimum absolute atomic E-state index is 0.00321. The molecule has 0 bridgehead atoms. The fourth-order valence-corrected chi connectivity index (χ4v) is 2.79. The Morgan fingerprint density at radius 3 is 2.46 bits per heavy atom. The zero-order valence-corrected chi connectivity index (χ0v) is 15.9. The van der Waals surface area contributed by atoms with Crippen molar-refractivity contribution in [2.75, 3.05) is 17.7 Å². The fraction of sp³-hybridized carbons (Fsp3) is 0.263. The van der Waals surface area contributed by atoms with Gasteiger partial charge in [0.15, 0.2) is 5.65 Å². The number of nitrogens with one attached hydrogen (secondary N) is 2. The SMILES string of the molecule is COc1cccc(NC(=O)CCC(=O)Nc2ccc3c(n2)n(C)c(=O)n3C)c1. The maximum atomic E-state index is 12.1. The van der Waals surface area contributed by atoms with Crippen LogP contribution in [-0.4, -0.2) is 33.0 Å². The molecule has 0 atom stereocenters. The summed E-state index contributed by atoms with van der Waals surface area (Å²) in [4.78, 5) is 40.4. The maximum absolute atomic E-state index is 12.1. The van der Waals surface area contributed by atoms with Crippen molar-refractivity contribution in [1.29, 1.82) is 0 Å². The summed E-state index contributed by atoms with van der Waals surface area (Å²) in [5.41, 5.74) is 1.55. The molecule has 2 amide bonds. The van der Waals surface area contributed by atoms with Crippen molar-refractivity contribution in [3.05, 3.63) is 46.9 Å². The number of aryl methyl sites for hydroxylation is 2. The second-order valence-electron chi connectivity index (χ2n) is 6.27. The summed E-state index contributed by atoms with van der Waals surface area (Å²) in [5, 5.41) is 5.37. The van der Waals surface area contributed by atoms with Crippen LogP contribution in [0, 0.1) is 0 Å². The smallest absolute Gasteiger partial charge is 0.329 e. The molecule has 9 nitrogen and oxygen atoms in total. The topological polar surface area (TPSA) is 107 Å². The van der Waals surface area contributed by atoms with E-state index in [1.807, 2.05) is 0 Å². The van der Waals surface area contributed by atoms with Gasteiger partial charge in [0.05, 0.1) is 12.6 Å². The molecule has 0 aliphatic rings. The van der Waals surface area contributed by atoms with Crippen LogP contribution in [0.3, 0.4) is 0 Å². The van der Waals surface area contributed by atoms with E-state index in [1.165, 1.54) is 9.13 Å². The van der Waals surface area contributed by atoms with E-state index in [1.54, 1.807) is 57.6 Å². The number of aromatic nitrogens is 3. The summed E-state index contributed by atoms with van der Waals surface area (Å²) in [6.45, 7) is 0. The van der Waals surface area contributed by atoms with Gasteiger partial charge in [-0.2, -0.15) is 0 Å². The third-order valence-electron chi connectivity index (χ3n) is 4.31. The highest BCUT2D eigenvalue weighted by Gasteiger charge is 2.12. The molecule has 3 aromatic rings. The lowest BCUT2D eigenvalue weighted by atomic mass is 10.2. The number of carbonyl (C=O) groups is 2. The first-order valence-electron chi connectivity index (χ1n) is 8.65. The Bertz CT molecular complexity index is 1100. The number of anilines is 2. The van der Waals surface area contributed by atoms with Gasteiger partial charge in [0.2, 0.25) is 11.8 Å². The van der Waals surface area contributed by atoms with E-state index >= 15 is 0 Å². The van der Waals surface area contributed by atoms with E-state index in [0.717, 1.165) is 0 Å². The maximum Gasteiger partial charge on any atom is 0.329 e. The van der Waals surface area contributed by atoms with Crippen LogP contribution in [0.2, 0.25) is 0 Å². The van der Waals surface area contributed by atoms with Gasteiger partial charge in [0.1, 0.15) is 11.6 Å². The second kappa shape index (κ2) is 7.95. The Kier molecular flexibility index (Phi) is 5.44. The summed E-state index contributed by atoms with van der Waals surface area (Å²) in [7, 11) is 4.82. The van der Waals surface area contributed by atoms with Crippen molar-refractivity contribution in [1.82, 2.24) is 14.1 Å². The van der Waals surface area contributed by atoms with Gasteiger partial charge in [-0.15, -0.1) is 0 Å². The predicted octanol–water partition coefficient (Wildman–Crippen LogP) is 1.64. The molecule has 0 saturated carbocycles. The molecule has 2 heterocycles. The number of amides is 2. The monoisotopic (exact) mass is 383 g/mol. The number of ether oxygens (including phenoxy) is 1. The van der Waals surface area contributed by atoms with Crippen LogP contribution < -0.4 is 21.1 Å². The average Bonchev–Trinajstić information content (AvgIpc) is 2.90. The Labute approximate surface area is 160 Å². The van der Waals surface area contributed by atoms with Crippen LogP contribution in [0.25, 0.3) is 11.2 Å².